The first kappa shape index (κ1) is 12.2. The predicted molar refractivity (Wildman–Crippen MR) is 68.9 cm³/mol. The zero-order valence-corrected chi connectivity index (χ0v) is 10.3. The molecule has 0 aromatic carbocycles. The molecule has 96 valence electrons. The van der Waals surface area contributed by atoms with Gasteiger partial charge in [0.2, 0.25) is 0 Å². The van der Waals surface area contributed by atoms with Crippen molar-refractivity contribution >= 4 is 17.3 Å². The summed E-state index contributed by atoms with van der Waals surface area (Å²) in [6.45, 7) is 4.17. The number of nitrogens with zero attached hydrogens (tertiary/aromatic N) is 4. The molecule has 18 heavy (non-hydrogen) atoms. The van der Waals surface area contributed by atoms with Crippen molar-refractivity contribution in [3.63, 3.8) is 0 Å². The Kier molecular flexibility index (Phi) is 3.31. The fraction of sp³-hybridized carbons (Fsp3) is 0.364. The van der Waals surface area contributed by atoms with Crippen molar-refractivity contribution in [1.82, 2.24) is 14.6 Å². The minimum Gasteiger partial charge on any atom is -0.409 e. The first-order chi connectivity index (χ1) is 8.65. The van der Waals surface area contributed by atoms with Gasteiger partial charge in [-0.3, -0.25) is 0 Å². The second kappa shape index (κ2) is 4.91. The molecule has 2 heterocycles. The van der Waals surface area contributed by atoms with Crippen molar-refractivity contribution in [2.75, 3.05) is 5.32 Å². The van der Waals surface area contributed by atoms with Crippen LogP contribution in [-0.2, 0) is 0 Å². The minimum absolute atomic E-state index is 0.00168. The summed E-state index contributed by atoms with van der Waals surface area (Å²) in [7, 11) is 0. The lowest BCUT2D eigenvalue weighted by Crippen LogP contribution is -2.16. The van der Waals surface area contributed by atoms with Crippen LogP contribution in [0.2, 0.25) is 0 Å². The second-order valence-corrected chi connectivity index (χ2v) is 4.08. The summed E-state index contributed by atoms with van der Waals surface area (Å²) < 4.78 is 1.58. The molecule has 1 atom stereocenters. The normalized spacial score (nSPS) is 13.8. The van der Waals surface area contributed by atoms with Crippen LogP contribution in [0.25, 0.3) is 5.65 Å². The first-order valence-corrected chi connectivity index (χ1v) is 5.74. The summed E-state index contributed by atoms with van der Waals surface area (Å²) in [5.74, 6) is 0.738. The molecule has 0 aliphatic heterocycles. The molecule has 2 rings (SSSR count). The SMILES string of the molecule is CC[C@@H](C)Nc1ccn2ncc(/C(N)=N/O)c2n1. The second-order valence-electron chi connectivity index (χ2n) is 4.08. The van der Waals surface area contributed by atoms with Gasteiger partial charge in [0.05, 0.1) is 11.8 Å². The number of nitrogens with one attached hydrogen (secondary N) is 1. The topological polar surface area (TPSA) is 101 Å². The first-order valence-electron chi connectivity index (χ1n) is 5.74. The van der Waals surface area contributed by atoms with Crippen molar-refractivity contribution in [2.45, 2.75) is 26.3 Å². The number of anilines is 1. The van der Waals surface area contributed by atoms with Gasteiger partial charge in [-0.05, 0) is 19.4 Å². The molecule has 7 nitrogen and oxygen atoms in total. The van der Waals surface area contributed by atoms with E-state index in [9.17, 15) is 0 Å². The minimum atomic E-state index is -0.00168. The predicted octanol–water partition coefficient (Wildman–Crippen LogP) is 1.03. The van der Waals surface area contributed by atoms with Crippen LogP contribution >= 0.6 is 0 Å². The fourth-order valence-corrected chi connectivity index (χ4v) is 1.54. The molecule has 0 aliphatic carbocycles. The summed E-state index contributed by atoms with van der Waals surface area (Å²) in [6, 6.07) is 2.16. The zero-order chi connectivity index (χ0) is 13.1. The van der Waals surface area contributed by atoms with E-state index in [0.717, 1.165) is 12.2 Å². The lowest BCUT2D eigenvalue weighted by atomic mass is 10.2. The highest BCUT2D eigenvalue weighted by Gasteiger charge is 2.11. The van der Waals surface area contributed by atoms with Gasteiger partial charge in [0, 0.05) is 12.2 Å². The van der Waals surface area contributed by atoms with Gasteiger partial charge in [0.25, 0.3) is 0 Å². The summed E-state index contributed by atoms with van der Waals surface area (Å²) in [5.41, 5.74) is 6.63. The highest BCUT2D eigenvalue weighted by Crippen LogP contribution is 2.12. The highest BCUT2D eigenvalue weighted by atomic mass is 16.4. The summed E-state index contributed by atoms with van der Waals surface area (Å²) in [4.78, 5) is 4.41. The molecular weight excluding hydrogens is 232 g/mol. The van der Waals surface area contributed by atoms with Crippen LogP contribution in [0.5, 0.6) is 0 Å². The largest absolute Gasteiger partial charge is 0.409 e. The Bertz CT molecular complexity index is 576. The summed E-state index contributed by atoms with van der Waals surface area (Å²) in [6.07, 6.45) is 4.30. The number of aromatic nitrogens is 3. The van der Waals surface area contributed by atoms with Crippen molar-refractivity contribution in [3.05, 3.63) is 24.0 Å². The molecule has 0 radical (unpaired) electrons. The van der Waals surface area contributed by atoms with E-state index in [1.54, 1.807) is 10.7 Å². The van der Waals surface area contributed by atoms with Crippen LogP contribution in [0.3, 0.4) is 0 Å². The van der Waals surface area contributed by atoms with Crippen molar-refractivity contribution in [3.8, 4) is 0 Å². The molecule has 0 bridgehead atoms. The number of rotatable bonds is 4. The molecular formula is C11H16N6O. The van der Waals surface area contributed by atoms with E-state index >= 15 is 0 Å². The van der Waals surface area contributed by atoms with E-state index in [2.05, 4.69) is 34.4 Å². The number of hydrogen-bond donors (Lipinski definition) is 3. The molecule has 0 aliphatic rings. The maximum absolute atomic E-state index is 8.70. The van der Waals surface area contributed by atoms with E-state index in [0.29, 0.717) is 17.3 Å². The third-order valence-electron chi connectivity index (χ3n) is 2.76. The quantitative estimate of drug-likeness (QED) is 0.325. The van der Waals surface area contributed by atoms with Crippen LogP contribution < -0.4 is 11.1 Å². The number of nitrogens with two attached hydrogens (primary N) is 1. The number of amidine groups is 1. The van der Waals surface area contributed by atoms with E-state index in [1.807, 2.05) is 6.07 Å². The zero-order valence-electron chi connectivity index (χ0n) is 10.3. The average Bonchev–Trinajstić information content (AvgIpc) is 2.80. The number of fused-ring (bicyclic) bond motifs is 1. The fourth-order valence-electron chi connectivity index (χ4n) is 1.54. The van der Waals surface area contributed by atoms with Gasteiger partial charge in [0.1, 0.15) is 5.82 Å². The van der Waals surface area contributed by atoms with E-state index in [1.165, 1.54) is 6.20 Å². The molecule has 0 amide bonds. The van der Waals surface area contributed by atoms with Gasteiger partial charge in [-0.2, -0.15) is 5.10 Å². The van der Waals surface area contributed by atoms with Gasteiger partial charge >= 0.3 is 0 Å². The van der Waals surface area contributed by atoms with Crippen molar-refractivity contribution < 1.29 is 5.21 Å². The molecule has 7 heteroatoms. The standard InChI is InChI=1S/C11H16N6O/c1-3-7(2)14-9-4-5-17-11(15-9)8(6-13-17)10(12)16-18/h4-7,18H,3H2,1-2H3,(H2,12,16)(H,14,15)/t7-/m1/s1. The third kappa shape index (κ3) is 2.20. The molecule has 4 N–H and O–H groups in total. The Morgan fingerprint density at radius 3 is 3.11 bits per heavy atom. The Morgan fingerprint density at radius 1 is 1.67 bits per heavy atom. The molecule has 0 saturated carbocycles. The van der Waals surface area contributed by atoms with Gasteiger partial charge < -0.3 is 16.3 Å². The molecule has 2 aromatic heterocycles. The maximum atomic E-state index is 8.70. The number of oxime groups is 1. The Labute approximate surface area is 104 Å². The van der Waals surface area contributed by atoms with E-state index in [-0.39, 0.29) is 5.84 Å². The Morgan fingerprint density at radius 2 is 2.44 bits per heavy atom. The van der Waals surface area contributed by atoms with Crippen LogP contribution in [0.15, 0.2) is 23.6 Å². The van der Waals surface area contributed by atoms with E-state index < -0.39 is 0 Å². The molecule has 0 fully saturated rings. The summed E-state index contributed by atoms with van der Waals surface area (Å²) in [5, 5.41) is 19.0. The van der Waals surface area contributed by atoms with Gasteiger partial charge in [-0.1, -0.05) is 12.1 Å². The average molecular weight is 248 g/mol. The maximum Gasteiger partial charge on any atom is 0.175 e. The van der Waals surface area contributed by atoms with Gasteiger partial charge in [0.15, 0.2) is 11.5 Å². The lowest BCUT2D eigenvalue weighted by molar-refractivity contribution is 0.318. The molecule has 0 unspecified atom stereocenters. The van der Waals surface area contributed by atoms with Crippen molar-refractivity contribution in [2.24, 2.45) is 10.9 Å². The van der Waals surface area contributed by atoms with Crippen molar-refractivity contribution in [1.29, 1.82) is 0 Å². The van der Waals surface area contributed by atoms with Crippen LogP contribution in [-0.4, -0.2) is 31.7 Å². The lowest BCUT2D eigenvalue weighted by Gasteiger charge is -2.11. The highest BCUT2D eigenvalue weighted by molar-refractivity contribution is 6.02. The monoisotopic (exact) mass is 248 g/mol. The van der Waals surface area contributed by atoms with E-state index in [4.69, 9.17) is 10.9 Å². The van der Waals surface area contributed by atoms with Crippen LogP contribution in [0.1, 0.15) is 25.8 Å². The smallest absolute Gasteiger partial charge is 0.175 e. The number of hydrogen-bond acceptors (Lipinski definition) is 5. The Hall–Kier alpha value is -2.31. The Balaban J connectivity index is 2.42. The van der Waals surface area contributed by atoms with Gasteiger partial charge in [-0.15, -0.1) is 0 Å². The third-order valence-corrected chi connectivity index (χ3v) is 2.76. The molecule has 2 aromatic rings. The van der Waals surface area contributed by atoms with Crippen LogP contribution in [0, 0.1) is 0 Å². The molecule has 0 spiro atoms. The van der Waals surface area contributed by atoms with Gasteiger partial charge in [-0.25, -0.2) is 9.50 Å². The van der Waals surface area contributed by atoms with Crippen LogP contribution in [0.4, 0.5) is 5.82 Å². The molecule has 0 saturated heterocycles. The summed E-state index contributed by atoms with van der Waals surface area (Å²) >= 11 is 0.